The highest BCUT2D eigenvalue weighted by molar-refractivity contribution is 7.15. The summed E-state index contributed by atoms with van der Waals surface area (Å²) in [6, 6.07) is 4.00. The number of carbonyl (C=O) groups is 2. The second-order valence-electron chi connectivity index (χ2n) is 5.46. The number of nitrogens with one attached hydrogen (secondary N) is 1. The summed E-state index contributed by atoms with van der Waals surface area (Å²) in [5, 5.41) is 12.1. The fraction of sp³-hybridized carbons (Fsp3) is 0.333. The van der Waals surface area contributed by atoms with Gasteiger partial charge in [0.2, 0.25) is 16.9 Å². The van der Waals surface area contributed by atoms with Gasteiger partial charge in [-0.2, -0.15) is 0 Å². The van der Waals surface area contributed by atoms with Gasteiger partial charge in [0, 0.05) is 24.5 Å². The lowest BCUT2D eigenvalue weighted by molar-refractivity contribution is -0.126. The zero-order valence-corrected chi connectivity index (χ0v) is 14.3. The van der Waals surface area contributed by atoms with Crippen LogP contribution in [-0.2, 0) is 16.1 Å². The quantitative estimate of drug-likeness (QED) is 0.898. The Morgan fingerprint density at radius 2 is 2.29 bits per heavy atom. The number of halogens is 2. The number of anilines is 1. The molecule has 126 valence electrons. The van der Waals surface area contributed by atoms with Crippen LogP contribution < -0.4 is 10.2 Å². The maximum atomic E-state index is 13.0. The first-order chi connectivity index (χ1) is 11.4. The van der Waals surface area contributed by atoms with Crippen LogP contribution in [0.15, 0.2) is 18.2 Å². The van der Waals surface area contributed by atoms with Gasteiger partial charge >= 0.3 is 0 Å². The Kier molecular flexibility index (Phi) is 4.77. The van der Waals surface area contributed by atoms with Crippen molar-refractivity contribution in [1.29, 1.82) is 0 Å². The molecule has 1 aliphatic rings. The molecule has 3 rings (SSSR count). The van der Waals surface area contributed by atoms with Crippen molar-refractivity contribution in [1.82, 2.24) is 15.5 Å². The van der Waals surface area contributed by atoms with Gasteiger partial charge in [-0.3, -0.25) is 14.5 Å². The fourth-order valence-corrected chi connectivity index (χ4v) is 3.40. The number of nitrogens with zero attached hydrogens (tertiary/aromatic N) is 3. The van der Waals surface area contributed by atoms with E-state index in [1.807, 2.05) is 0 Å². The molecule has 0 aliphatic carbocycles. The van der Waals surface area contributed by atoms with Crippen LogP contribution in [0.2, 0.25) is 5.02 Å². The Morgan fingerprint density at radius 1 is 1.50 bits per heavy atom. The molecule has 2 amide bonds. The van der Waals surface area contributed by atoms with Crippen LogP contribution in [0.3, 0.4) is 0 Å². The minimum absolute atomic E-state index is 0.127. The van der Waals surface area contributed by atoms with E-state index in [0.717, 1.165) is 5.01 Å². The van der Waals surface area contributed by atoms with Crippen LogP contribution in [0, 0.1) is 18.7 Å². The zero-order valence-electron chi connectivity index (χ0n) is 12.8. The highest BCUT2D eigenvalue weighted by atomic mass is 35.5. The molecule has 0 spiro atoms. The average Bonchev–Trinajstić information content (AvgIpc) is 3.12. The molecule has 0 bridgehead atoms. The molecule has 1 atom stereocenters. The Hall–Kier alpha value is -2.06. The van der Waals surface area contributed by atoms with Crippen LogP contribution in [0.4, 0.5) is 9.52 Å². The molecule has 1 saturated heterocycles. The van der Waals surface area contributed by atoms with Crippen molar-refractivity contribution in [3.63, 3.8) is 0 Å². The molecule has 9 heteroatoms. The van der Waals surface area contributed by atoms with Crippen molar-refractivity contribution in [2.45, 2.75) is 19.9 Å². The summed E-state index contributed by atoms with van der Waals surface area (Å²) in [4.78, 5) is 25.9. The highest BCUT2D eigenvalue weighted by Crippen LogP contribution is 2.27. The van der Waals surface area contributed by atoms with Crippen molar-refractivity contribution in [3.8, 4) is 0 Å². The molecule has 1 unspecified atom stereocenters. The topological polar surface area (TPSA) is 75.2 Å². The molecular weight excluding hydrogens is 355 g/mol. The highest BCUT2D eigenvalue weighted by Gasteiger charge is 2.36. The number of amides is 2. The summed E-state index contributed by atoms with van der Waals surface area (Å²) in [7, 11) is 0. The molecule has 1 aromatic carbocycles. The van der Waals surface area contributed by atoms with Crippen LogP contribution in [0.1, 0.15) is 17.0 Å². The van der Waals surface area contributed by atoms with E-state index < -0.39 is 11.7 Å². The minimum atomic E-state index is -0.457. The number of aryl methyl sites for hydroxylation is 1. The SMILES string of the molecule is Cc1nnc(N2CC(C(=O)NCc3ccc(F)cc3Cl)CC2=O)s1. The van der Waals surface area contributed by atoms with Gasteiger partial charge < -0.3 is 5.32 Å². The molecule has 1 aromatic heterocycles. The Balaban J connectivity index is 1.61. The van der Waals surface area contributed by atoms with Gasteiger partial charge in [-0.25, -0.2) is 4.39 Å². The van der Waals surface area contributed by atoms with Crippen LogP contribution in [0.5, 0.6) is 0 Å². The van der Waals surface area contributed by atoms with E-state index in [2.05, 4.69) is 15.5 Å². The lowest BCUT2D eigenvalue weighted by Gasteiger charge is -2.13. The van der Waals surface area contributed by atoms with Crippen molar-refractivity contribution in [2.24, 2.45) is 5.92 Å². The van der Waals surface area contributed by atoms with Gasteiger partial charge in [0.1, 0.15) is 10.8 Å². The third kappa shape index (κ3) is 3.54. The zero-order chi connectivity index (χ0) is 17.3. The van der Waals surface area contributed by atoms with Crippen molar-refractivity contribution >= 4 is 39.9 Å². The molecular formula is C15H14ClFN4O2S. The fourth-order valence-electron chi connectivity index (χ4n) is 2.46. The molecule has 0 saturated carbocycles. The average molecular weight is 369 g/mol. The molecule has 24 heavy (non-hydrogen) atoms. The van der Waals surface area contributed by atoms with Gasteiger partial charge in [0.15, 0.2) is 0 Å². The number of hydrogen-bond acceptors (Lipinski definition) is 5. The predicted octanol–water partition coefficient (Wildman–Crippen LogP) is 2.31. The number of rotatable bonds is 4. The number of benzene rings is 1. The molecule has 1 N–H and O–H groups in total. The summed E-state index contributed by atoms with van der Waals surface area (Å²) in [6.07, 6.45) is 0.127. The second kappa shape index (κ2) is 6.82. The van der Waals surface area contributed by atoms with Gasteiger partial charge in [0.25, 0.3) is 0 Å². The van der Waals surface area contributed by atoms with Crippen LogP contribution >= 0.6 is 22.9 Å². The van der Waals surface area contributed by atoms with E-state index in [0.29, 0.717) is 10.7 Å². The lowest BCUT2D eigenvalue weighted by Crippen LogP contribution is -2.32. The summed E-state index contributed by atoms with van der Waals surface area (Å²) in [6.45, 7) is 2.26. The van der Waals surface area contributed by atoms with E-state index in [4.69, 9.17) is 11.6 Å². The maximum absolute atomic E-state index is 13.0. The molecule has 6 nitrogen and oxygen atoms in total. The van der Waals surface area contributed by atoms with Gasteiger partial charge in [-0.05, 0) is 24.6 Å². The molecule has 2 aromatic rings. The summed E-state index contributed by atoms with van der Waals surface area (Å²) in [5.41, 5.74) is 0.618. The number of carbonyl (C=O) groups excluding carboxylic acids is 2. The first-order valence-electron chi connectivity index (χ1n) is 7.26. The van der Waals surface area contributed by atoms with Crippen molar-refractivity contribution in [2.75, 3.05) is 11.4 Å². The second-order valence-corrected chi connectivity index (χ2v) is 7.03. The predicted molar refractivity (Wildman–Crippen MR) is 88.4 cm³/mol. The maximum Gasteiger partial charge on any atom is 0.229 e. The Labute approximate surface area is 146 Å². The van der Waals surface area contributed by atoms with E-state index in [-0.39, 0.29) is 36.3 Å². The first-order valence-corrected chi connectivity index (χ1v) is 8.45. The third-order valence-corrected chi connectivity index (χ3v) is 4.92. The molecule has 1 fully saturated rings. The van der Waals surface area contributed by atoms with Gasteiger partial charge in [-0.1, -0.05) is 29.0 Å². The van der Waals surface area contributed by atoms with Crippen molar-refractivity contribution < 1.29 is 14.0 Å². The molecule has 1 aliphatic heterocycles. The van der Waals surface area contributed by atoms with E-state index in [9.17, 15) is 14.0 Å². The van der Waals surface area contributed by atoms with E-state index in [1.165, 1.54) is 34.4 Å². The third-order valence-electron chi connectivity index (χ3n) is 3.71. The number of aromatic nitrogens is 2. The van der Waals surface area contributed by atoms with E-state index in [1.54, 1.807) is 6.92 Å². The summed E-state index contributed by atoms with van der Waals surface area (Å²) < 4.78 is 13.0. The number of hydrogen-bond donors (Lipinski definition) is 1. The first kappa shape index (κ1) is 16.8. The van der Waals surface area contributed by atoms with Crippen molar-refractivity contribution in [3.05, 3.63) is 39.6 Å². The van der Waals surface area contributed by atoms with Crippen LogP contribution in [0.25, 0.3) is 0 Å². The van der Waals surface area contributed by atoms with E-state index >= 15 is 0 Å². The van der Waals surface area contributed by atoms with Gasteiger partial charge in [-0.15, -0.1) is 10.2 Å². The minimum Gasteiger partial charge on any atom is -0.352 e. The lowest BCUT2D eigenvalue weighted by atomic mass is 10.1. The summed E-state index contributed by atoms with van der Waals surface area (Å²) >= 11 is 7.25. The molecule has 0 radical (unpaired) electrons. The Bertz CT molecular complexity index is 798. The smallest absolute Gasteiger partial charge is 0.229 e. The standard InChI is InChI=1S/C15H14ClFN4O2S/c1-8-19-20-15(24-8)21-7-10(4-13(21)22)14(23)18-6-9-2-3-11(17)5-12(9)16/h2-3,5,10H,4,6-7H2,1H3,(H,18,23). The monoisotopic (exact) mass is 368 g/mol. The van der Waals surface area contributed by atoms with Gasteiger partial charge in [0.05, 0.1) is 5.92 Å². The van der Waals surface area contributed by atoms with Crippen LogP contribution in [-0.4, -0.2) is 28.6 Å². The summed E-state index contributed by atoms with van der Waals surface area (Å²) in [5.74, 6) is -1.28. The largest absolute Gasteiger partial charge is 0.352 e. The Morgan fingerprint density at radius 3 is 2.96 bits per heavy atom. The normalized spacial score (nSPS) is 17.4. The molecule has 2 heterocycles.